The predicted molar refractivity (Wildman–Crippen MR) is 56.0 cm³/mol. The van der Waals surface area contributed by atoms with Gasteiger partial charge in [0, 0.05) is 50.5 Å². The van der Waals surface area contributed by atoms with Crippen molar-refractivity contribution in [2.24, 2.45) is 0 Å². The Hall–Kier alpha value is -1.50. The van der Waals surface area contributed by atoms with Crippen LogP contribution in [-0.4, -0.2) is 10.2 Å². The summed E-state index contributed by atoms with van der Waals surface area (Å²) in [6.45, 7) is 0. The smallest absolute Gasteiger partial charge is 0.187 e. The molecule has 9 heteroatoms. The van der Waals surface area contributed by atoms with Crippen LogP contribution in [0.1, 0.15) is 0 Å². The first-order valence-corrected chi connectivity index (χ1v) is 4.89. The number of halogens is 6. The van der Waals surface area contributed by atoms with Gasteiger partial charge in [0.05, 0.1) is 0 Å². The van der Waals surface area contributed by atoms with Gasteiger partial charge in [0.25, 0.3) is 0 Å². The minimum absolute atomic E-state index is 0. The molecule has 0 saturated carbocycles. The Balaban J connectivity index is 0.000000364. The van der Waals surface area contributed by atoms with Crippen LogP contribution in [0.5, 0.6) is 11.5 Å². The quantitative estimate of drug-likeness (QED) is 0.678. The maximum Gasteiger partial charge on any atom is 0.187 e. The van der Waals surface area contributed by atoms with Crippen LogP contribution in [0.2, 0.25) is 0 Å². The Morgan fingerprint density at radius 1 is 0.524 bits per heavy atom. The number of aromatic hydroxyl groups is 2. The van der Waals surface area contributed by atoms with E-state index in [4.69, 9.17) is 10.2 Å². The zero-order valence-electron chi connectivity index (χ0n) is 9.97. The van der Waals surface area contributed by atoms with E-state index in [1.54, 1.807) is 0 Å². The Labute approximate surface area is 133 Å². The predicted octanol–water partition coefficient (Wildman–Crippen LogP) is 3.62. The van der Waals surface area contributed by atoms with Gasteiger partial charge in [0.1, 0.15) is 11.6 Å². The molecular weight excluding hydrogens is 381 g/mol. The molecule has 0 aliphatic heterocycles. The van der Waals surface area contributed by atoms with Gasteiger partial charge in [-0.25, -0.2) is 26.3 Å². The van der Waals surface area contributed by atoms with E-state index >= 15 is 0 Å². The zero-order chi connectivity index (χ0) is 15.4. The third-order valence-electron chi connectivity index (χ3n) is 1.96. The maximum absolute atomic E-state index is 12.1. The van der Waals surface area contributed by atoms with Gasteiger partial charge < -0.3 is 10.2 Å². The van der Waals surface area contributed by atoms with Gasteiger partial charge in [-0.1, -0.05) is 0 Å². The Morgan fingerprint density at radius 3 is 0.905 bits per heavy atom. The minimum atomic E-state index is -1.29. The number of benzene rings is 2. The van der Waals surface area contributed by atoms with E-state index < -0.39 is 46.4 Å². The molecule has 21 heavy (non-hydrogen) atoms. The molecule has 0 atom stereocenters. The molecule has 2 N–H and O–H groups in total. The van der Waals surface area contributed by atoms with Crippen LogP contribution >= 0.6 is 0 Å². The first-order chi connectivity index (χ1) is 9.22. The fourth-order valence-corrected chi connectivity index (χ4v) is 1.07. The standard InChI is InChI=1S/2C6H3F3O.Zr/c2*7-3-1-4(8)6(10)5(9)2-3;/h2*1-2,10H;. The van der Waals surface area contributed by atoms with Crippen molar-refractivity contribution < 1.29 is 62.8 Å². The molecule has 0 aliphatic carbocycles. The molecule has 112 valence electrons. The molecule has 2 aromatic carbocycles. The summed E-state index contributed by atoms with van der Waals surface area (Å²) in [6, 6.07) is 1.60. The van der Waals surface area contributed by atoms with Gasteiger partial charge in [-0.05, 0) is 0 Å². The molecule has 0 spiro atoms. The number of hydrogen-bond acceptors (Lipinski definition) is 2. The normalized spacial score (nSPS) is 9.43. The van der Waals surface area contributed by atoms with Crippen LogP contribution < -0.4 is 0 Å². The second kappa shape index (κ2) is 8.07. The van der Waals surface area contributed by atoms with Gasteiger partial charge in [-0.15, -0.1) is 0 Å². The van der Waals surface area contributed by atoms with E-state index in [9.17, 15) is 26.3 Å². The number of phenolic OH excluding ortho intramolecular Hbond substituents is 2. The fourth-order valence-electron chi connectivity index (χ4n) is 1.07. The Bertz CT molecular complexity index is 534. The van der Waals surface area contributed by atoms with Crippen molar-refractivity contribution in [3.05, 3.63) is 59.2 Å². The number of rotatable bonds is 0. The molecule has 0 amide bonds. The van der Waals surface area contributed by atoms with Crippen LogP contribution in [0.3, 0.4) is 0 Å². The molecule has 0 unspecified atom stereocenters. The molecule has 2 rings (SSSR count). The third kappa shape index (κ3) is 5.42. The molecule has 2 nitrogen and oxygen atoms in total. The number of phenols is 2. The van der Waals surface area contributed by atoms with Gasteiger partial charge in [0.2, 0.25) is 0 Å². The molecular formula is C12H6F6O2Zr. The minimum Gasteiger partial charge on any atom is -0.503 e. The van der Waals surface area contributed by atoms with Crippen LogP contribution in [0, 0.1) is 34.9 Å². The van der Waals surface area contributed by atoms with Crippen molar-refractivity contribution in [1.29, 1.82) is 0 Å². The summed E-state index contributed by atoms with van der Waals surface area (Å²) in [5.41, 5.74) is 0. The SMILES string of the molecule is Oc1c(F)cc(F)cc1F.Oc1c(F)cc(F)cc1F.[Zr]. The van der Waals surface area contributed by atoms with E-state index in [0.717, 1.165) is 0 Å². The number of hydrogen-bond donors (Lipinski definition) is 2. The molecule has 0 aliphatic rings. The average molecular weight is 387 g/mol. The van der Waals surface area contributed by atoms with Crippen molar-refractivity contribution in [2.75, 3.05) is 0 Å². The van der Waals surface area contributed by atoms with E-state index in [2.05, 4.69) is 0 Å². The van der Waals surface area contributed by atoms with Crippen LogP contribution in [-0.2, 0) is 26.2 Å². The second-order valence-corrected chi connectivity index (χ2v) is 3.44. The monoisotopic (exact) mass is 386 g/mol. The van der Waals surface area contributed by atoms with Crippen molar-refractivity contribution >= 4 is 0 Å². The molecule has 0 radical (unpaired) electrons. The zero-order valence-corrected chi connectivity index (χ0v) is 12.4. The summed E-state index contributed by atoms with van der Waals surface area (Å²) in [4.78, 5) is 0. The molecule has 0 saturated heterocycles. The van der Waals surface area contributed by atoms with Crippen LogP contribution in [0.25, 0.3) is 0 Å². The van der Waals surface area contributed by atoms with Crippen molar-refractivity contribution in [2.45, 2.75) is 0 Å². The molecule has 0 aromatic heterocycles. The van der Waals surface area contributed by atoms with E-state index in [0.29, 0.717) is 24.3 Å². The maximum atomic E-state index is 12.1. The Morgan fingerprint density at radius 2 is 0.714 bits per heavy atom. The summed E-state index contributed by atoms with van der Waals surface area (Å²) < 4.78 is 72.5. The van der Waals surface area contributed by atoms with Crippen molar-refractivity contribution in [3.63, 3.8) is 0 Å². The summed E-state index contributed by atoms with van der Waals surface area (Å²) in [7, 11) is 0. The van der Waals surface area contributed by atoms with Crippen LogP contribution in [0.15, 0.2) is 24.3 Å². The van der Waals surface area contributed by atoms with E-state index in [-0.39, 0.29) is 26.2 Å². The van der Waals surface area contributed by atoms with Gasteiger partial charge >= 0.3 is 0 Å². The largest absolute Gasteiger partial charge is 0.503 e. The van der Waals surface area contributed by atoms with E-state index in [1.807, 2.05) is 0 Å². The molecule has 2 aromatic rings. The van der Waals surface area contributed by atoms with Gasteiger partial charge in [-0.3, -0.25) is 0 Å². The third-order valence-corrected chi connectivity index (χ3v) is 1.96. The molecule has 0 bridgehead atoms. The first-order valence-electron chi connectivity index (χ1n) is 4.89. The summed E-state index contributed by atoms with van der Waals surface area (Å²) in [5.74, 6) is -9.58. The Kier molecular flexibility index (Phi) is 7.49. The van der Waals surface area contributed by atoms with Crippen molar-refractivity contribution in [3.8, 4) is 11.5 Å². The van der Waals surface area contributed by atoms with Crippen molar-refractivity contribution in [1.82, 2.24) is 0 Å². The van der Waals surface area contributed by atoms with Crippen LogP contribution in [0.4, 0.5) is 26.3 Å². The summed E-state index contributed by atoms with van der Waals surface area (Å²) in [5, 5.41) is 16.8. The summed E-state index contributed by atoms with van der Waals surface area (Å²) >= 11 is 0. The fraction of sp³-hybridized carbons (Fsp3) is 0. The average Bonchev–Trinajstić information content (AvgIpc) is 2.33. The van der Waals surface area contributed by atoms with Gasteiger partial charge in [0.15, 0.2) is 34.8 Å². The second-order valence-electron chi connectivity index (χ2n) is 3.44. The summed E-state index contributed by atoms with van der Waals surface area (Å²) in [6.07, 6.45) is 0. The van der Waals surface area contributed by atoms with Gasteiger partial charge in [-0.2, -0.15) is 0 Å². The van der Waals surface area contributed by atoms with E-state index in [1.165, 1.54) is 0 Å². The first kappa shape index (κ1) is 19.5. The molecule has 0 heterocycles. The topological polar surface area (TPSA) is 40.5 Å². The molecule has 0 fully saturated rings.